The van der Waals surface area contributed by atoms with Gasteiger partial charge in [0.05, 0.1) is 13.1 Å². The van der Waals surface area contributed by atoms with Crippen LogP contribution in [0.4, 0.5) is 0 Å². The van der Waals surface area contributed by atoms with Gasteiger partial charge in [-0.05, 0) is 53.3 Å². The van der Waals surface area contributed by atoms with E-state index >= 15 is 0 Å². The molecule has 0 unspecified atom stereocenters. The molecule has 0 aliphatic heterocycles. The Morgan fingerprint density at radius 3 is 2.42 bits per heavy atom. The van der Waals surface area contributed by atoms with Crippen molar-refractivity contribution in [1.82, 2.24) is 34.7 Å². The number of tetrazole rings is 1. The van der Waals surface area contributed by atoms with E-state index in [1.54, 1.807) is 6.20 Å². The molecule has 5 rings (SSSR count). The zero-order valence-corrected chi connectivity index (χ0v) is 20.6. The Morgan fingerprint density at radius 1 is 0.917 bits per heavy atom. The van der Waals surface area contributed by atoms with E-state index in [9.17, 15) is 4.79 Å². The van der Waals surface area contributed by atoms with Gasteiger partial charge in [-0.3, -0.25) is 14.1 Å². The summed E-state index contributed by atoms with van der Waals surface area (Å²) in [4.78, 5) is 18.1. The number of aromatic amines is 1. The first-order valence-electron chi connectivity index (χ1n) is 12.3. The van der Waals surface area contributed by atoms with Crippen LogP contribution in [-0.4, -0.2) is 34.7 Å². The predicted octanol–water partition coefficient (Wildman–Crippen LogP) is 4.64. The van der Waals surface area contributed by atoms with Crippen LogP contribution in [0.15, 0.2) is 77.9 Å². The van der Waals surface area contributed by atoms with Gasteiger partial charge in [-0.15, -0.1) is 10.2 Å². The second kappa shape index (κ2) is 10.5. The summed E-state index contributed by atoms with van der Waals surface area (Å²) in [7, 11) is 0. The molecule has 182 valence electrons. The zero-order chi connectivity index (χ0) is 24.9. The van der Waals surface area contributed by atoms with Gasteiger partial charge in [-0.25, -0.2) is 4.79 Å². The topological polar surface area (TPSA) is 94.3 Å². The van der Waals surface area contributed by atoms with Crippen LogP contribution in [0, 0.1) is 6.92 Å². The standard InChI is InChI=1S/C28H29N7O/c1-3-4-10-26-20(2)34(18-21-8-6-5-7-9-21)28(36)35(26)19-24-17-29-16-15-25(24)22-11-13-23(14-12-22)27-30-32-33-31-27/h5-9,11-17H,3-4,10,18-19H2,1-2H3,(H,30,31,32,33). The fourth-order valence-corrected chi connectivity index (χ4v) is 4.62. The highest BCUT2D eigenvalue weighted by molar-refractivity contribution is 5.69. The summed E-state index contributed by atoms with van der Waals surface area (Å²) in [6.07, 6.45) is 6.63. The van der Waals surface area contributed by atoms with E-state index in [4.69, 9.17) is 0 Å². The van der Waals surface area contributed by atoms with Crippen molar-refractivity contribution in [2.45, 2.75) is 46.2 Å². The van der Waals surface area contributed by atoms with Crippen molar-refractivity contribution in [2.24, 2.45) is 0 Å². The Labute approximate surface area is 209 Å². The maximum Gasteiger partial charge on any atom is 0.329 e. The van der Waals surface area contributed by atoms with Crippen LogP contribution in [0.5, 0.6) is 0 Å². The van der Waals surface area contributed by atoms with Gasteiger partial charge in [0, 0.05) is 29.3 Å². The Morgan fingerprint density at radius 2 is 1.69 bits per heavy atom. The van der Waals surface area contributed by atoms with Crippen molar-refractivity contribution in [3.05, 3.63) is 106 Å². The number of imidazole rings is 1. The van der Waals surface area contributed by atoms with Crippen LogP contribution < -0.4 is 5.69 Å². The molecular weight excluding hydrogens is 450 g/mol. The van der Waals surface area contributed by atoms with Gasteiger partial charge < -0.3 is 0 Å². The van der Waals surface area contributed by atoms with Gasteiger partial charge >= 0.3 is 5.69 Å². The first-order chi connectivity index (χ1) is 17.7. The van der Waals surface area contributed by atoms with Gasteiger partial charge in [0.1, 0.15) is 0 Å². The first kappa shape index (κ1) is 23.4. The number of nitrogens with one attached hydrogen (secondary N) is 1. The molecule has 0 radical (unpaired) electrons. The number of H-pyrrole nitrogens is 1. The van der Waals surface area contributed by atoms with E-state index < -0.39 is 0 Å². The third kappa shape index (κ3) is 4.75. The number of rotatable bonds is 9. The highest BCUT2D eigenvalue weighted by Gasteiger charge is 2.18. The molecule has 0 spiro atoms. The van der Waals surface area contributed by atoms with Crippen LogP contribution in [-0.2, 0) is 19.5 Å². The smallest absolute Gasteiger partial charge is 0.292 e. The molecule has 5 aromatic rings. The molecule has 36 heavy (non-hydrogen) atoms. The van der Waals surface area contributed by atoms with Crippen molar-refractivity contribution >= 4 is 0 Å². The zero-order valence-electron chi connectivity index (χ0n) is 20.6. The van der Waals surface area contributed by atoms with Crippen molar-refractivity contribution in [3.8, 4) is 22.5 Å². The summed E-state index contributed by atoms with van der Waals surface area (Å²) >= 11 is 0. The van der Waals surface area contributed by atoms with Crippen LogP contribution in [0.1, 0.15) is 42.3 Å². The Bertz CT molecular complexity index is 1480. The number of hydrogen-bond donors (Lipinski definition) is 1. The van der Waals surface area contributed by atoms with E-state index in [1.807, 2.05) is 63.9 Å². The minimum atomic E-state index is 0.0183. The highest BCUT2D eigenvalue weighted by Crippen LogP contribution is 2.26. The maximum absolute atomic E-state index is 13.7. The lowest BCUT2D eigenvalue weighted by Gasteiger charge is -2.12. The SMILES string of the molecule is CCCCc1c(C)n(Cc2ccccc2)c(=O)n1Cc1cnccc1-c1ccc(-c2nn[nH]n2)cc1. The molecule has 3 heterocycles. The second-order valence-corrected chi connectivity index (χ2v) is 8.92. The van der Waals surface area contributed by atoms with Crippen LogP contribution in [0.2, 0.25) is 0 Å². The highest BCUT2D eigenvalue weighted by atomic mass is 16.1. The molecule has 0 saturated heterocycles. The molecule has 0 fully saturated rings. The summed E-state index contributed by atoms with van der Waals surface area (Å²) in [5.41, 5.74) is 7.24. The monoisotopic (exact) mass is 479 g/mol. The quantitative estimate of drug-likeness (QED) is 0.332. The number of nitrogens with zero attached hydrogens (tertiary/aromatic N) is 6. The maximum atomic E-state index is 13.7. The number of pyridine rings is 1. The number of hydrogen-bond acceptors (Lipinski definition) is 5. The lowest BCUT2D eigenvalue weighted by Crippen LogP contribution is -2.26. The van der Waals surface area contributed by atoms with Gasteiger partial charge in [-0.2, -0.15) is 5.21 Å². The second-order valence-electron chi connectivity index (χ2n) is 8.92. The minimum absolute atomic E-state index is 0.0183. The lowest BCUT2D eigenvalue weighted by molar-refractivity contribution is 0.654. The first-order valence-corrected chi connectivity index (χ1v) is 12.3. The van der Waals surface area contributed by atoms with E-state index in [0.717, 1.165) is 58.5 Å². The molecule has 0 atom stereocenters. The Kier molecular flexibility index (Phi) is 6.84. The summed E-state index contributed by atoms with van der Waals surface area (Å²) in [6, 6.07) is 20.2. The Balaban J connectivity index is 1.51. The number of benzene rings is 2. The molecule has 0 aliphatic rings. The van der Waals surface area contributed by atoms with Crippen LogP contribution >= 0.6 is 0 Å². The predicted molar refractivity (Wildman–Crippen MR) is 140 cm³/mol. The molecule has 8 nitrogen and oxygen atoms in total. The molecule has 8 heteroatoms. The van der Waals surface area contributed by atoms with Crippen molar-refractivity contribution in [3.63, 3.8) is 0 Å². The summed E-state index contributed by atoms with van der Waals surface area (Å²) in [5, 5.41) is 14.2. The molecule has 3 aromatic heterocycles. The molecule has 0 aliphatic carbocycles. The third-order valence-corrected chi connectivity index (χ3v) is 6.59. The van der Waals surface area contributed by atoms with E-state index in [0.29, 0.717) is 18.9 Å². The summed E-state index contributed by atoms with van der Waals surface area (Å²) in [5.74, 6) is 0.554. The molecular formula is C28H29N7O. The average Bonchev–Trinajstić information content (AvgIpc) is 3.53. The fraction of sp³-hybridized carbons (Fsp3) is 0.250. The lowest BCUT2D eigenvalue weighted by atomic mass is 10.00. The molecule has 0 amide bonds. The van der Waals surface area contributed by atoms with Gasteiger partial charge in [0.25, 0.3) is 0 Å². The minimum Gasteiger partial charge on any atom is -0.292 e. The normalized spacial score (nSPS) is 11.2. The van der Waals surface area contributed by atoms with Gasteiger partial charge in [0.2, 0.25) is 5.82 Å². The largest absolute Gasteiger partial charge is 0.329 e. The summed E-state index contributed by atoms with van der Waals surface area (Å²) < 4.78 is 3.83. The molecule has 1 N–H and O–H groups in total. The number of unbranched alkanes of at least 4 members (excludes halogenated alkanes) is 1. The van der Waals surface area contributed by atoms with E-state index in [2.05, 4.69) is 51.6 Å². The van der Waals surface area contributed by atoms with E-state index in [-0.39, 0.29) is 5.69 Å². The molecule has 0 bridgehead atoms. The van der Waals surface area contributed by atoms with Crippen LogP contribution in [0.25, 0.3) is 22.5 Å². The van der Waals surface area contributed by atoms with Crippen molar-refractivity contribution < 1.29 is 0 Å². The van der Waals surface area contributed by atoms with Crippen molar-refractivity contribution in [2.75, 3.05) is 0 Å². The van der Waals surface area contributed by atoms with Gasteiger partial charge in [0.15, 0.2) is 0 Å². The summed E-state index contributed by atoms with van der Waals surface area (Å²) in [6.45, 7) is 5.27. The van der Waals surface area contributed by atoms with Gasteiger partial charge in [-0.1, -0.05) is 67.9 Å². The van der Waals surface area contributed by atoms with E-state index in [1.165, 1.54) is 0 Å². The molecule has 0 saturated carbocycles. The average molecular weight is 480 g/mol. The number of aromatic nitrogens is 7. The third-order valence-electron chi connectivity index (χ3n) is 6.59. The fourth-order valence-electron chi connectivity index (χ4n) is 4.62. The Hall–Kier alpha value is -4.33. The van der Waals surface area contributed by atoms with Crippen LogP contribution in [0.3, 0.4) is 0 Å². The van der Waals surface area contributed by atoms with Crippen molar-refractivity contribution in [1.29, 1.82) is 0 Å². The molecule has 2 aromatic carbocycles.